The summed E-state index contributed by atoms with van der Waals surface area (Å²) < 4.78 is 5.35. The Kier molecular flexibility index (Phi) is 6.58. The number of carbonyl (C=O) groups excluding carboxylic acids is 1. The molecule has 0 aliphatic rings. The average Bonchev–Trinajstić information content (AvgIpc) is 2.39. The van der Waals surface area contributed by atoms with E-state index in [1.807, 2.05) is 0 Å². The lowest BCUT2D eigenvalue weighted by Crippen LogP contribution is -2.32. The van der Waals surface area contributed by atoms with Crippen molar-refractivity contribution in [2.45, 2.75) is 26.7 Å². The quantitative estimate of drug-likeness (QED) is 0.825. The molecule has 0 saturated heterocycles. The number of hydrogen-bond acceptors (Lipinski definition) is 2. The first-order valence-corrected chi connectivity index (χ1v) is 6.68. The van der Waals surface area contributed by atoms with Crippen LogP contribution in [0.25, 0.3) is 0 Å². The van der Waals surface area contributed by atoms with Gasteiger partial charge < -0.3 is 10.1 Å². The number of benzene rings is 1. The predicted molar refractivity (Wildman–Crippen MR) is 74.0 cm³/mol. The lowest BCUT2D eigenvalue weighted by molar-refractivity contribution is -0.123. The van der Waals surface area contributed by atoms with Crippen LogP contribution in [0.15, 0.2) is 24.3 Å². The summed E-state index contributed by atoms with van der Waals surface area (Å²) in [5.41, 5.74) is 0. The molecule has 0 atom stereocenters. The lowest BCUT2D eigenvalue weighted by atomic mass is 10.0. The van der Waals surface area contributed by atoms with Crippen LogP contribution >= 0.6 is 11.6 Å². The number of carbonyl (C=O) groups is 1. The van der Waals surface area contributed by atoms with E-state index >= 15 is 0 Å². The number of nitrogens with one attached hydrogen (secondary N) is 1. The van der Waals surface area contributed by atoms with Gasteiger partial charge in [0.1, 0.15) is 5.75 Å². The number of amides is 1. The van der Waals surface area contributed by atoms with E-state index in [4.69, 9.17) is 16.3 Å². The highest BCUT2D eigenvalue weighted by Gasteiger charge is 2.07. The van der Waals surface area contributed by atoms with Crippen molar-refractivity contribution in [3.63, 3.8) is 0 Å². The van der Waals surface area contributed by atoms with Crippen LogP contribution < -0.4 is 10.1 Å². The van der Waals surface area contributed by atoms with Crippen molar-refractivity contribution < 1.29 is 9.53 Å². The van der Waals surface area contributed by atoms with E-state index in [1.54, 1.807) is 24.3 Å². The Bertz CT molecular complexity index is 361. The van der Waals surface area contributed by atoms with Gasteiger partial charge in [0.15, 0.2) is 6.61 Å². The first-order chi connectivity index (χ1) is 8.65. The maximum atomic E-state index is 11.6. The molecule has 18 heavy (non-hydrogen) atoms. The average molecular weight is 270 g/mol. The van der Waals surface area contributed by atoms with Crippen LogP contribution in [-0.4, -0.2) is 19.1 Å². The molecule has 3 nitrogen and oxygen atoms in total. The molecule has 0 heterocycles. The molecular weight excluding hydrogens is 250 g/mol. The predicted octanol–water partition coefficient (Wildman–Crippen LogP) is 3.27. The first kappa shape index (κ1) is 14.8. The summed E-state index contributed by atoms with van der Waals surface area (Å²) >= 11 is 5.76. The molecule has 0 bridgehead atoms. The van der Waals surface area contributed by atoms with Gasteiger partial charge in [-0.1, -0.05) is 38.3 Å². The van der Waals surface area contributed by atoms with Gasteiger partial charge in [-0.15, -0.1) is 0 Å². The highest BCUT2D eigenvalue weighted by molar-refractivity contribution is 6.30. The zero-order valence-corrected chi connectivity index (χ0v) is 11.7. The van der Waals surface area contributed by atoms with Gasteiger partial charge in [-0.05, 0) is 30.2 Å². The molecule has 0 saturated carbocycles. The van der Waals surface area contributed by atoms with Crippen molar-refractivity contribution in [2.24, 2.45) is 5.92 Å². The maximum absolute atomic E-state index is 11.6. The van der Waals surface area contributed by atoms with Crippen LogP contribution in [0.4, 0.5) is 0 Å². The maximum Gasteiger partial charge on any atom is 0.257 e. The molecule has 0 spiro atoms. The Morgan fingerprint density at radius 3 is 2.44 bits per heavy atom. The summed E-state index contributed by atoms with van der Waals surface area (Å²) in [6.07, 6.45) is 2.16. The summed E-state index contributed by atoms with van der Waals surface area (Å²) in [5.74, 6) is 1.11. The summed E-state index contributed by atoms with van der Waals surface area (Å²) in [6, 6.07) is 6.96. The molecular formula is C14H20ClNO2. The third-order valence-corrected chi connectivity index (χ3v) is 3.18. The molecule has 1 amide bonds. The minimum Gasteiger partial charge on any atom is -0.484 e. The lowest BCUT2D eigenvalue weighted by Gasteiger charge is -2.13. The van der Waals surface area contributed by atoms with Gasteiger partial charge in [0.25, 0.3) is 5.91 Å². The number of halogens is 1. The normalized spacial score (nSPS) is 10.4. The van der Waals surface area contributed by atoms with E-state index < -0.39 is 0 Å². The summed E-state index contributed by atoms with van der Waals surface area (Å²) in [5, 5.41) is 3.53. The molecule has 100 valence electrons. The molecule has 0 aliphatic carbocycles. The molecule has 0 unspecified atom stereocenters. The van der Waals surface area contributed by atoms with Crippen LogP contribution in [0.2, 0.25) is 5.02 Å². The van der Waals surface area contributed by atoms with E-state index in [9.17, 15) is 4.79 Å². The van der Waals surface area contributed by atoms with E-state index in [-0.39, 0.29) is 12.5 Å². The van der Waals surface area contributed by atoms with Crippen LogP contribution in [0.3, 0.4) is 0 Å². The van der Waals surface area contributed by atoms with Crippen molar-refractivity contribution in [2.75, 3.05) is 13.2 Å². The van der Waals surface area contributed by atoms with Crippen molar-refractivity contribution in [1.82, 2.24) is 5.32 Å². The van der Waals surface area contributed by atoms with Crippen molar-refractivity contribution in [3.8, 4) is 5.75 Å². The minimum atomic E-state index is -0.0862. The summed E-state index contributed by atoms with van der Waals surface area (Å²) in [4.78, 5) is 11.6. The van der Waals surface area contributed by atoms with Gasteiger partial charge in [0.05, 0.1) is 0 Å². The summed E-state index contributed by atoms with van der Waals surface area (Å²) in [6.45, 7) is 5.02. The number of rotatable bonds is 7. The molecule has 0 fully saturated rings. The monoisotopic (exact) mass is 269 g/mol. The van der Waals surface area contributed by atoms with Crippen LogP contribution in [0.1, 0.15) is 26.7 Å². The molecule has 1 aromatic rings. The highest BCUT2D eigenvalue weighted by Crippen LogP contribution is 2.15. The second-order valence-electron chi connectivity index (χ2n) is 4.23. The zero-order valence-electron chi connectivity index (χ0n) is 10.9. The zero-order chi connectivity index (χ0) is 13.4. The molecule has 4 heteroatoms. The standard InChI is InChI=1S/C14H20ClNO2/c1-3-11(4-2)9-16-14(17)10-18-13-7-5-12(15)6-8-13/h5-8,11H,3-4,9-10H2,1-2H3,(H,16,17). The van der Waals surface area contributed by atoms with E-state index in [0.717, 1.165) is 19.4 Å². The van der Waals surface area contributed by atoms with Gasteiger partial charge in [-0.25, -0.2) is 0 Å². The third-order valence-electron chi connectivity index (χ3n) is 2.93. The van der Waals surface area contributed by atoms with Crippen LogP contribution in [-0.2, 0) is 4.79 Å². The van der Waals surface area contributed by atoms with E-state index in [1.165, 1.54) is 0 Å². The smallest absolute Gasteiger partial charge is 0.257 e. The molecule has 1 rings (SSSR count). The molecule has 0 aromatic heterocycles. The Morgan fingerprint density at radius 1 is 1.28 bits per heavy atom. The first-order valence-electron chi connectivity index (χ1n) is 6.30. The summed E-state index contributed by atoms with van der Waals surface area (Å²) in [7, 11) is 0. The van der Waals surface area contributed by atoms with Gasteiger partial charge in [-0.2, -0.15) is 0 Å². The Balaban J connectivity index is 2.26. The third kappa shape index (κ3) is 5.41. The Hall–Kier alpha value is -1.22. The number of hydrogen-bond donors (Lipinski definition) is 1. The highest BCUT2D eigenvalue weighted by atomic mass is 35.5. The molecule has 0 radical (unpaired) electrons. The van der Waals surface area contributed by atoms with Crippen LogP contribution in [0, 0.1) is 5.92 Å². The second kappa shape index (κ2) is 7.98. The van der Waals surface area contributed by atoms with Gasteiger partial charge in [0.2, 0.25) is 0 Å². The van der Waals surface area contributed by atoms with Gasteiger partial charge in [-0.3, -0.25) is 4.79 Å². The Morgan fingerprint density at radius 2 is 1.89 bits per heavy atom. The number of ether oxygens (including phenoxy) is 1. The van der Waals surface area contributed by atoms with Crippen molar-refractivity contribution >= 4 is 17.5 Å². The SMILES string of the molecule is CCC(CC)CNC(=O)COc1ccc(Cl)cc1. The fourth-order valence-corrected chi connectivity index (χ4v) is 1.69. The van der Waals surface area contributed by atoms with Gasteiger partial charge >= 0.3 is 0 Å². The van der Waals surface area contributed by atoms with Gasteiger partial charge in [0, 0.05) is 11.6 Å². The van der Waals surface area contributed by atoms with Crippen LogP contribution in [0.5, 0.6) is 5.75 Å². The topological polar surface area (TPSA) is 38.3 Å². The largest absolute Gasteiger partial charge is 0.484 e. The Labute approximate surface area is 113 Å². The molecule has 1 N–H and O–H groups in total. The molecule has 1 aromatic carbocycles. The minimum absolute atomic E-state index is 0.0434. The molecule has 0 aliphatic heterocycles. The van der Waals surface area contributed by atoms with Crippen molar-refractivity contribution in [1.29, 1.82) is 0 Å². The fourth-order valence-electron chi connectivity index (χ4n) is 1.57. The van der Waals surface area contributed by atoms with E-state index in [2.05, 4.69) is 19.2 Å². The second-order valence-corrected chi connectivity index (χ2v) is 4.67. The van der Waals surface area contributed by atoms with E-state index in [0.29, 0.717) is 16.7 Å². The van der Waals surface area contributed by atoms with Crippen molar-refractivity contribution in [3.05, 3.63) is 29.3 Å². The fraction of sp³-hybridized carbons (Fsp3) is 0.500.